The number of nitrogens with one attached hydrogen (secondary N) is 1. The second kappa shape index (κ2) is 6.71. The molecule has 17 heavy (non-hydrogen) atoms. The minimum Gasteiger partial charge on any atom is -0.478 e. The van der Waals surface area contributed by atoms with Gasteiger partial charge in [-0.05, 0) is 24.8 Å². The molecule has 1 rings (SSSR count). The van der Waals surface area contributed by atoms with E-state index in [1.54, 1.807) is 11.8 Å². The fourth-order valence-corrected chi connectivity index (χ4v) is 2.30. The summed E-state index contributed by atoms with van der Waals surface area (Å²) in [6, 6.07) is 3.10. The molecule has 0 saturated carbocycles. The highest BCUT2D eigenvalue weighted by Crippen LogP contribution is 2.16. The number of carbonyl (C=O) groups is 1. The van der Waals surface area contributed by atoms with Gasteiger partial charge in [-0.15, -0.1) is 0 Å². The van der Waals surface area contributed by atoms with Gasteiger partial charge < -0.3 is 10.4 Å². The number of halogens is 1. The first-order valence-corrected chi connectivity index (χ1v) is 7.00. The Labute approximate surface area is 110 Å². The predicted molar refractivity (Wildman–Crippen MR) is 72.3 cm³/mol. The normalized spacial score (nSPS) is 12.2. The quantitative estimate of drug-likeness (QED) is 0.781. The van der Waals surface area contributed by atoms with Crippen LogP contribution >= 0.6 is 23.4 Å². The van der Waals surface area contributed by atoms with E-state index in [-0.39, 0.29) is 16.8 Å². The Hall–Kier alpha value is -0.940. The van der Waals surface area contributed by atoms with Gasteiger partial charge in [-0.2, -0.15) is 11.8 Å². The third kappa shape index (κ3) is 4.44. The molecule has 1 aromatic heterocycles. The highest BCUT2D eigenvalue weighted by atomic mass is 35.5. The molecule has 0 aliphatic rings. The van der Waals surface area contributed by atoms with E-state index in [9.17, 15) is 4.79 Å². The van der Waals surface area contributed by atoms with Crippen molar-refractivity contribution in [3.8, 4) is 0 Å². The van der Waals surface area contributed by atoms with Crippen LogP contribution < -0.4 is 5.32 Å². The maximum Gasteiger partial charge on any atom is 0.335 e. The van der Waals surface area contributed by atoms with Crippen LogP contribution in [0.1, 0.15) is 23.7 Å². The van der Waals surface area contributed by atoms with Gasteiger partial charge in [0.2, 0.25) is 0 Å². The fraction of sp³-hybridized carbons (Fsp3) is 0.455. The number of carboxylic acids is 1. The Morgan fingerprint density at radius 1 is 1.65 bits per heavy atom. The van der Waals surface area contributed by atoms with Crippen LogP contribution in [0.4, 0.5) is 5.82 Å². The summed E-state index contributed by atoms with van der Waals surface area (Å²) in [5.41, 5.74) is 0.145. The predicted octanol–water partition coefficient (Wildman–Crippen LogP) is 2.99. The zero-order valence-corrected chi connectivity index (χ0v) is 11.3. The lowest BCUT2D eigenvalue weighted by Crippen LogP contribution is -2.22. The number of aromatic carboxylic acids is 1. The molecule has 1 unspecified atom stereocenters. The summed E-state index contributed by atoms with van der Waals surface area (Å²) in [6.07, 6.45) is 2.97. The van der Waals surface area contributed by atoms with Gasteiger partial charge in [0.25, 0.3) is 0 Å². The SMILES string of the molecule is CCC(CSC)Nc1cc(C(=O)O)cc(Cl)n1. The molecular formula is C11H15ClN2O2S. The first-order valence-electron chi connectivity index (χ1n) is 5.23. The van der Waals surface area contributed by atoms with Gasteiger partial charge in [-0.25, -0.2) is 9.78 Å². The molecule has 0 fully saturated rings. The van der Waals surface area contributed by atoms with Crippen molar-refractivity contribution in [2.24, 2.45) is 0 Å². The molecule has 0 saturated heterocycles. The molecule has 0 aliphatic heterocycles. The lowest BCUT2D eigenvalue weighted by molar-refractivity contribution is 0.0697. The van der Waals surface area contributed by atoms with Gasteiger partial charge in [-0.3, -0.25) is 0 Å². The Morgan fingerprint density at radius 3 is 2.88 bits per heavy atom. The Bertz CT molecular complexity index is 401. The van der Waals surface area contributed by atoms with E-state index in [2.05, 4.69) is 17.2 Å². The number of anilines is 1. The minimum absolute atomic E-state index is 0.145. The Kier molecular flexibility index (Phi) is 5.58. The van der Waals surface area contributed by atoms with E-state index in [1.807, 2.05) is 6.26 Å². The Morgan fingerprint density at radius 2 is 2.35 bits per heavy atom. The molecule has 1 aromatic rings. The molecule has 0 aliphatic carbocycles. The van der Waals surface area contributed by atoms with Gasteiger partial charge in [0, 0.05) is 11.8 Å². The van der Waals surface area contributed by atoms with Gasteiger partial charge in [0.1, 0.15) is 11.0 Å². The van der Waals surface area contributed by atoms with Gasteiger partial charge in [0.05, 0.1) is 5.56 Å². The van der Waals surface area contributed by atoms with Crippen molar-refractivity contribution in [2.75, 3.05) is 17.3 Å². The van der Waals surface area contributed by atoms with Crippen molar-refractivity contribution in [3.63, 3.8) is 0 Å². The van der Waals surface area contributed by atoms with E-state index in [1.165, 1.54) is 12.1 Å². The molecule has 0 amide bonds. The second-order valence-electron chi connectivity index (χ2n) is 3.57. The maximum absolute atomic E-state index is 10.9. The molecule has 1 atom stereocenters. The van der Waals surface area contributed by atoms with Gasteiger partial charge >= 0.3 is 5.97 Å². The molecule has 6 heteroatoms. The van der Waals surface area contributed by atoms with Crippen LogP contribution in [-0.4, -0.2) is 34.1 Å². The standard InChI is InChI=1S/C11H15ClN2O2S/c1-3-8(6-17-2)13-10-5-7(11(15)16)4-9(12)14-10/h4-5,8H,3,6H2,1-2H3,(H,13,14)(H,15,16). The maximum atomic E-state index is 10.9. The van der Waals surface area contributed by atoms with Crippen molar-refractivity contribution in [1.82, 2.24) is 4.98 Å². The van der Waals surface area contributed by atoms with E-state index in [0.717, 1.165) is 12.2 Å². The fourth-order valence-electron chi connectivity index (χ4n) is 1.37. The highest BCUT2D eigenvalue weighted by Gasteiger charge is 2.10. The van der Waals surface area contributed by atoms with Crippen LogP contribution in [0.15, 0.2) is 12.1 Å². The molecule has 4 nitrogen and oxygen atoms in total. The second-order valence-corrected chi connectivity index (χ2v) is 4.87. The summed E-state index contributed by atoms with van der Waals surface area (Å²) in [5.74, 6) is 0.443. The van der Waals surface area contributed by atoms with E-state index >= 15 is 0 Å². The summed E-state index contributed by atoms with van der Waals surface area (Å²) < 4.78 is 0. The molecule has 0 bridgehead atoms. The molecule has 1 heterocycles. The van der Waals surface area contributed by atoms with Crippen molar-refractivity contribution in [2.45, 2.75) is 19.4 Å². The largest absolute Gasteiger partial charge is 0.478 e. The third-order valence-electron chi connectivity index (χ3n) is 2.25. The lowest BCUT2D eigenvalue weighted by atomic mass is 10.2. The number of pyridine rings is 1. The van der Waals surface area contributed by atoms with Crippen LogP contribution in [0.3, 0.4) is 0 Å². The zero-order valence-electron chi connectivity index (χ0n) is 9.74. The number of nitrogens with zero attached hydrogens (tertiary/aromatic N) is 1. The molecule has 2 N–H and O–H groups in total. The monoisotopic (exact) mass is 274 g/mol. The number of carboxylic acid groups (broad SMARTS) is 1. The van der Waals surface area contributed by atoms with E-state index < -0.39 is 5.97 Å². The molecule has 0 aromatic carbocycles. The lowest BCUT2D eigenvalue weighted by Gasteiger charge is -2.16. The van der Waals surface area contributed by atoms with E-state index in [0.29, 0.717) is 5.82 Å². The van der Waals surface area contributed by atoms with Gasteiger partial charge in [-0.1, -0.05) is 18.5 Å². The van der Waals surface area contributed by atoms with Crippen LogP contribution in [0.5, 0.6) is 0 Å². The van der Waals surface area contributed by atoms with Crippen LogP contribution in [0.25, 0.3) is 0 Å². The number of rotatable bonds is 6. The molecule has 0 radical (unpaired) electrons. The molecule has 0 spiro atoms. The summed E-state index contributed by atoms with van der Waals surface area (Å²) in [4.78, 5) is 14.9. The van der Waals surface area contributed by atoms with Gasteiger partial charge in [0.15, 0.2) is 0 Å². The summed E-state index contributed by atoms with van der Waals surface area (Å²) in [5, 5.41) is 12.3. The number of hydrogen-bond donors (Lipinski definition) is 2. The van der Waals surface area contributed by atoms with Crippen molar-refractivity contribution >= 4 is 35.1 Å². The molecular weight excluding hydrogens is 260 g/mol. The Balaban J connectivity index is 2.86. The average molecular weight is 275 g/mol. The van der Waals surface area contributed by atoms with Crippen molar-refractivity contribution < 1.29 is 9.90 Å². The van der Waals surface area contributed by atoms with Crippen LogP contribution in [0, 0.1) is 0 Å². The third-order valence-corrected chi connectivity index (χ3v) is 3.18. The van der Waals surface area contributed by atoms with Crippen LogP contribution in [0.2, 0.25) is 5.15 Å². The zero-order chi connectivity index (χ0) is 12.8. The minimum atomic E-state index is -1.00. The summed E-state index contributed by atoms with van der Waals surface area (Å²) in [7, 11) is 0. The average Bonchev–Trinajstić information content (AvgIpc) is 2.27. The van der Waals surface area contributed by atoms with Crippen molar-refractivity contribution in [1.29, 1.82) is 0 Å². The number of thioether (sulfide) groups is 1. The van der Waals surface area contributed by atoms with Crippen LogP contribution in [-0.2, 0) is 0 Å². The number of hydrogen-bond acceptors (Lipinski definition) is 4. The smallest absolute Gasteiger partial charge is 0.335 e. The van der Waals surface area contributed by atoms with E-state index in [4.69, 9.17) is 16.7 Å². The topological polar surface area (TPSA) is 62.2 Å². The van der Waals surface area contributed by atoms with Crippen molar-refractivity contribution in [3.05, 3.63) is 22.8 Å². The summed E-state index contributed by atoms with van der Waals surface area (Å²) in [6.45, 7) is 2.07. The highest BCUT2D eigenvalue weighted by molar-refractivity contribution is 7.98. The first-order chi connectivity index (χ1) is 8.06. The summed E-state index contributed by atoms with van der Waals surface area (Å²) >= 11 is 7.51. The first kappa shape index (κ1) is 14.1. The molecule has 94 valence electrons. The number of aromatic nitrogens is 1.